The Balaban J connectivity index is 1.54. The van der Waals surface area contributed by atoms with Crippen molar-refractivity contribution in [2.75, 3.05) is 18.4 Å². The second-order valence-electron chi connectivity index (χ2n) is 5.45. The Morgan fingerprint density at radius 2 is 2.27 bits per heavy atom. The van der Waals surface area contributed by atoms with E-state index in [-0.39, 0.29) is 6.04 Å². The van der Waals surface area contributed by atoms with Gasteiger partial charge in [0.05, 0.1) is 12.1 Å². The molecule has 1 aliphatic heterocycles. The Bertz CT molecular complexity index is 650. The minimum Gasteiger partial charge on any atom is -0.390 e. The maximum atomic E-state index is 10.3. The molecule has 0 saturated carbocycles. The third-order valence-corrected chi connectivity index (χ3v) is 3.82. The summed E-state index contributed by atoms with van der Waals surface area (Å²) in [4.78, 5) is 13.3. The molecule has 0 aliphatic carbocycles. The number of β-amino-alcohol motifs (C(OH)–C–C–N with tert-alkyl or cyclic N) is 1. The van der Waals surface area contributed by atoms with Crippen LogP contribution in [0.15, 0.2) is 30.7 Å². The summed E-state index contributed by atoms with van der Waals surface area (Å²) < 4.78 is 0. The van der Waals surface area contributed by atoms with E-state index in [0.717, 1.165) is 25.1 Å². The Hall–Kier alpha value is -2.43. The van der Waals surface area contributed by atoms with Gasteiger partial charge < -0.3 is 15.4 Å². The van der Waals surface area contributed by atoms with Crippen molar-refractivity contribution in [2.45, 2.75) is 25.1 Å². The summed E-state index contributed by atoms with van der Waals surface area (Å²) in [5.41, 5.74) is 1.62. The van der Waals surface area contributed by atoms with Gasteiger partial charge in [0.2, 0.25) is 5.95 Å². The Morgan fingerprint density at radius 1 is 1.45 bits per heavy atom. The smallest absolute Gasteiger partial charge is 0.222 e. The normalized spacial score (nSPS) is 22.2. The van der Waals surface area contributed by atoms with Crippen LogP contribution < -0.4 is 5.32 Å². The molecule has 3 N–H and O–H groups in total. The predicted molar refractivity (Wildman–Crippen MR) is 80.9 cm³/mol. The van der Waals surface area contributed by atoms with E-state index >= 15 is 0 Å². The molecule has 3 rings (SSSR count). The highest BCUT2D eigenvalue weighted by atomic mass is 16.3. The highest BCUT2D eigenvalue weighted by Crippen LogP contribution is 2.17. The average molecular weight is 298 g/mol. The fourth-order valence-corrected chi connectivity index (χ4v) is 2.70. The highest BCUT2D eigenvalue weighted by molar-refractivity contribution is 5.27. The van der Waals surface area contributed by atoms with Gasteiger partial charge in [0.15, 0.2) is 0 Å². The van der Waals surface area contributed by atoms with Gasteiger partial charge in [0, 0.05) is 38.2 Å². The van der Waals surface area contributed by atoms with Gasteiger partial charge in [-0.15, -0.1) is 0 Å². The van der Waals surface area contributed by atoms with Gasteiger partial charge in [0.1, 0.15) is 11.8 Å². The molecule has 0 amide bonds. The number of anilines is 1. The zero-order valence-electron chi connectivity index (χ0n) is 12.1. The van der Waals surface area contributed by atoms with Gasteiger partial charge in [-0.3, -0.25) is 4.90 Å². The summed E-state index contributed by atoms with van der Waals surface area (Å²) in [6.07, 6.45) is 5.53. The van der Waals surface area contributed by atoms with Crippen molar-refractivity contribution in [2.24, 2.45) is 0 Å². The van der Waals surface area contributed by atoms with Crippen molar-refractivity contribution in [3.8, 4) is 6.07 Å². The molecule has 1 fully saturated rings. The lowest BCUT2D eigenvalue weighted by Crippen LogP contribution is -2.49. The summed E-state index contributed by atoms with van der Waals surface area (Å²) in [5.74, 6) is 0.546. The molecule has 1 saturated heterocycles. The number of likely N-dealkylation sites (tertiary alicyclic amines) is 1. The van der Waals surface area contributed by atoms with Crippen molar-refractivity contribution in [1.29, 1.82) is 5.26 Å². The van der Waals surface area contributed by atoms with Crippen molar-refractivity contribution < 1.29 is 5.11 Å². The summed E-state index contributed by atoms with van der Waals surface area (Å²) in [7, 11) is 0. The van der Waals surface area contributed by atoms with Crippen molar-refractivity contribution in [1.82, 2.24) is 19.9 Å². The van der Waals surface area contributed by atoms with Crippen molar-refractivity contribution in [3.63, 3.8) is 0 Å². The lowest BCUT2D eigenvalue weighted by Gasteiger charge is -2.36. The molecular weight excluding hydrogens is 280 g/mol. The van der Waals surface area contributed by atoms with Gasteiger partial charge in [0.25, 0.3) is 0 Å². The van der Waals surface area contributed by atoms with Crippen LogP contribution in [0.5, 0.6) is 0 Å². The van der Waals surface area contributed by atoms with Crippen molar-refractivity contribution in [3.05, 3.63) is 42.0 Å². The van der Waals surface area contributed by atoms with Gasteiger partial charge in [-0.2, -0.15) is 5.26 Å². The molecule has 0 unspecified atom stereocenters. The number of aromatic nitrogens is 3. The minimum atomic E-state index is -0.480. The fourth-order valence-electron chi connectivity index (χ4n) is 2.70. The second-order valence-corrected chi connectivity index (χ2v) is 5.45. The van der Waals surface area contributed by atoms with Gasteiger partial charge in [-0.1, -0.05) is 0 Å². The summed E-state index contributed by atoms with van der Waals surface area (Å²) in [5, 5.41) is 22.3. The molecule has 0 bridgehead atoms. The van der Waals surface area contributed by atoms with E-state index in [1.807, 2.05) is 12.3 Å². The van der Waals surface area contributed by atoms with E-state index < -0.39 is 6.10 Å². The van der Waals surface area contributed by atoms with Gasteiger partial charge in [-0.05, 0) is 24.1 Å². The first kappa shape index (κ1) is 14.5. The molecule has 7 nitrogen and oxygen atoms in total. The number of H-pyrrole nitrogens is 1. The van der Waals surface area contributed by atoms with Crippen LogP contribution in [0.4, 0.5) is 5.95 Å². The Kier molecular flexibility index (Phi) is 4.32. The topological polar surface area (TPSA) is 101 Å². The van der Waals surface area contributed by atoms with E-state index in [0.29, 0.717) is 18.2 Å². The number of nitrogens with one attached hydrogen (secondary N) is 2. The van der Waals surface area contributed by atoms with Gasteiger partial charge in [-0.25, -0.2) is 9.97 Å². The first-order valence-corrected chi connectivity index (χ1v) is 7.26. The summed E-state index contributed by atoms with van der Waals surface area (Å²) in [6.45, 7) is 2.18. The molecular formula is C15H18N6O. The number of nitrogens with zero attached hydrogens (tertiary/aromatic N) is 4. The van der Waals surface area contributed by atoms with Crippen LogP contribution in [0.1, 0.15) is 17.7 Å². The number of aromatic amines is 1. The monoisotopic (exact) mass is 298 g/mol. The first-order chi connectivity index (χ1) is 10.7. The number of aliphatic hydroxyl groups excluding tert-OH is 1. The highest BCUT2D eigenvalue weighted by Gasteiger charge is 2.28. The van der Waals surface area contributed by atoms with E-state index in [9.17, 15) is 5.11 Å². The maximum absolute atomic E-state index is 10.3. The van der Waals surface area contributed by atoms with Crippen LogP contribution >= 0.6 is 0 Å². The molecule has 7 heteroatoms. The quantitative estimate of drug-likeness (QED) is 0.769. The fraction of sp³-hybridized carbons (Fsp3) is 0.400. The molecule has 22 heavy (non-hydrogen) atoms. The minimum absolute atomic E-state index is 0.0421. The molecule has 3 heterocycles. The molecule has 2 aromatic rings. The summed E-state index contributed by atoms with van der Waals surface area (Å²) >= 11 is 0. The Morgan fingerprint density at radius 3 is 2.95 bits per heavy atom. The van der Waals surface area contributed by atoms with E-state index in [1.165, 1.54) is 0 Å². The molecule has 0 aromatic carbocycles. The van der Waals surface area contributed by atoms with Crippen LogP contribution in [0, 0.1) is 11.3 Å². The van der Waals surface area contributed by atoms with Gasteiger partial charge >= 0.3 is 0 Å². The number of aliphatic hydroxyl groups is 1. The van der Waals surface area contributed by atoms with Crippen LogP contribution in [0.3, 0.4) is 0 Å². The average Bonchev–Trinajstić information content (AvgIpc) is 2.99. The lowest BCUT2D eigenvalue weighted by atomic mass is 10.0. The number of piperidine rings is 1. The third kappa shape index (κ3) is 3.42. The van der Waals surface area contributed by atoms with E-state index in [1.54, 1.807) is 18.5 Å². The number of nitriles is 1. The number of hydrogen-bond donors (Lipinski definition) is 3. The zero-order valence-corrected chi connectivity index (χ0v) is 12.1. The zero-order chi connectivity index (χ0) is 15.4. The standard InChI is InChI=1S/C15H18N6O/c16-7-12-6-11(8-19-12)9-21-5-2-13(14(22)10-21)20-15-17-3-1-4-18-15/h1,3-4,6,8,13-14,19,22H,2,5,9-10H2,(H,17,18,20)/t13-,14-/m1/s1. The van der Waals surface area contributed by atoms with E-state index in [4.69, 9.17) is 5.26 Å². The molecule has 0 spiro atoms. The largest absolute Gasteiger partial charge is 0.390 e. The van der Waals surface area contributed by atoms with E-state index in [2.05, 4.69) is 31.2 Å². The third-order valence-electron chi connectivity index (χ3n) is 3.82. The number of hydrogen-bond acceptors (Lipinski definition) is 6. The first-order valence-electron chi connectivity index (χ1n) is 7.26. The summed E-state index contributed by atoms with van der Waals surface area (Å²) in [6, 6.07) is 5.64. The second kappa shape index (κ2) is 6.56. The van der Waals surface area contributed by atoms with Crippen LogP contribution in [-0.4, -0.2) is 50.2 Å². The van der Waals surface area contributed by atoms with Crippen LogP contribution in [0.2, 0.25) is 0 Å². The van der Waals surface area contributed by atoms with Crippen LogP contribution in [-0.2, 0) is 6.54 Å². The van der Waals surface area contributed by atoms with Crippen molar-refractivity contribution >= 4 is 5.95 Å². The molecule has 2 atom stereocenters. The SMILES string of the molecule is N#Cc1cc(CN2CC[C@@H](Nc3ncccn3)[C@H](O)C2)c[nH]1. The molecule has 114 valence electrons. The number of rotatable bonds is 4. The molecule has 1 aliphatic rings. The predicted octanol–water partition coefficient (Wildman–Crippen LogP) is 0.724. The molecule has 2 aromatic heterocycles. The maximum Gasteiger partial charge on any atom is 0.222 e. The molecule has 0 radical (unpaired) electrons. The van der Waals surface area contributed by atoms with Crippen LogP contribution in [0.25, 0.3) is 0 Å². The lowest BCUT2D eigenvalue weighted by molar-refractivity contribution is 0.0559. The Labute approximate surface area is 128 Å².